The molecule has 3 N–H and O–H groups in total. The molecule has 2 fully saturated rings. The summed E-state index contributed by atoms with van der Waals surface area (Å²) in [6.45, 7) is 12.3. The van der Waals surface area contributed by atoms with Crippen LogP contribution in [0.25, 0.3) is 0 Å². The van der Waals surface area contributed by atoms with Crippen LogP contribution in [0.1, 0.15) is 40.5 Å². The van der Waals surface area contributed by atoms with Crippen molar-refractivity contribution in [3.63, 3.8) is 0 Å². The van der Waals surface area contributed by atoms with Gasteiger partial charge in [0.15, 0.2) is 0 Å². The average molecular weight is 400 g/mol. The van der Waals surface area contributed by atoms with Gasteiger partial charge in [-0.3, -0.25) is 9.69 Å². The van der Waals surface area contributed by atoms with Crippen molar-refractivity contribution < 1.29 is 14.3 Å². The molecule has 150 valence electrons. The maximum atomic E-state index is 12.4. The fourth-order valence-electron chi connectivity index (χ4n) is 3.49. The summed E-state index contributed by atoms with van der Waals surface area (Å²) < 4.78 is 11.1. The lowest BCUT2D eigenvalue weighted by Gasteiger charge is -2.45. The summed E-state index contributed by atoms with van der Waals surface area (Å²) >= 11 is 0. The van der Waals surface area contributed by atoms with E-state index in [9.17, 15) is 4.79 Å². The Kier molecular flexibility index (Phi) is 10.9. The Morgan fingerprint density at radius 3 is 2.24 bits per heavy atom. The Morgan fingerprint density at radius 1 is 1.20 bits per heavy atom. The van der Waals surface area contributed by atoms with Crippen LogP contribution in [0.15, 0.2) is 0 Å². The van der Waals surface area contributed by atoms with Gasteiger partial charge in [0.05, 0.1) is 18.2 Å². The number of nitrogens with two attached hydrogens (primary N) is 1. The van der Waals surface area contributed by atoms with Crippen molar-refractivity contribution in [1.82, 2.24) is 10.2 Å². The first-order valence-electron chi connectivity index (χ1n) is 8.81. The predicted molar refractivity (Wildman–Crippen MR) is 105 cm³/mol. The van der Waals surface area contributed by atoms with Crippen LogP contribution in [0.2, 0.25) is 0 Å². The largest absolute Gasteiger partial charge is 0.381 e. The lowest BCUT2D eigenvalue weighted by Crippen LogP contribution is -2.60. The Hall–Kier alpha value is -0.110. The first kappa shape index (κ1) is 24.9. The van der Waals surface area contributed by atoms with Crippen molar-refractivity contribution in [2.24, 2.45) is 11.7 Å². The molecule has 0 aromatic heterocycles. The van der Waals surface area contributed by atoms with Crippen LogP contribution in [-0.2, 0) is 14.3 Å². The highest BCUT2D eigenvalue weighted by Crippen LogP contribution is 2.21. The maximum absolute atomic E-state index is 12.4. The van der Waals surface area contributed by atoms with Gasteiger partial charge in [-0.2, -0.15) is 0 Å². The predicted octanol–water partition coefficient (Wildman–Crippen LogP) is 1.59. The minimum Gasteiger partial charge on any atom is -0.381 e. The number of hydrogen-bond donors (Lipinski definition) is 2. The molecule has 0 aliphatic carbocycles. The van der Waals surface area contributed by atoms with E-state index in [0.717, 1.165) is 25.9 Å². The van der Waals surface area contributed by atoms with Gasteiger partial charge in [-0.1, -0.05) is 0 Å². The summed E-state index contributed by atoms with van der Waals surface area (Å²) in [7, 11) is 0. The van der Waals surface area contributed by atoms with Crippen LogP contribution in [0.5, 0.6) is 0 Å². The van der Waals surface area contributed by atoms with Gasteiger partial charge in [0.2, 0.25) is 5.91 Å². The van der Waals surface area contributed by atoms with Crippen LogP contribution in [0, 0.1) is 5.92 Å². The topological polar surface area (TPSA) is 76.8 Å². The molecule has 0 saturated carbocycles. The zero-order valence-electron chi connectivity index (χ0n) is 15.8. The summed E-state index contributed by atoms with van der Waals surface area (Å²) in [5.41, 5.74) is 6.03. The van der Waals surface area contributed by atoms with Crippen LogP contribution < -0.4 is 11.1 Å². The third-order valence-corrected chi connectivity index (χ3v) is 5.05. The summed E-state index contributed by atoms with van der Waals surface area (Å²) in [6, 6.07) is -0.433. The fourth-order valence-corrected chi connectivity index (χ4v) is 3.49. The smallest absolute Gasteiger partial charge is 0.237 e. The van der Waals surface area contributed by atoms with Crippen LogP contribution in [0.4, 0.5) is 0 Å². The van der Waals surface area contributed by atoms with E-state index in [2.05, 4.69) is 37.9 Å². The first-order chi connectivity index (χ1) is 10.8. The standard InChI is InChI=1S/C17H33N3O3.2ClH/c1-12-9-20(10-13(2)23-12)17(3,4)11-19-16(21)15(18)14-5-7-22-8-6-14;;/h12-15H,5-11,18H2,1-4H3,(H,19,21);2*1H. The highest BCUT2D eigenvalue weighted by atomic mass is 35.5. The summed E-state index contributed by atoms with van der Waals surface area (Å²) in [5.74, 6) is 0.189. The van der Waals surface area contributed by atoms with Crippen LogP contribution in [-0.4, -0.2) is 67.4 Å². The second-order valence-electron chi connectivity index (χ2n) is 7.67. The van der Waals surface area contributed by atoms with Gasteiger partial charge in [-0.05, 0) is 46.5 Å². The van der Waals surface area contributed by atoms with Crippen molar-refractivity contribution in [3.8, 4) is 0 Å². The van der Waals surface area contributed by atoms with Crippen LogP contribution >= 0.6 is 24.8 Å². The van der Waals surface area contributed by atoms with Crippen molar-refractivity contribution in [3.05, 3.63) is 0 Å². The molecule has 6 nitrogen and oxygen atoms in total. The molecule has 3 atom stereocenters. The lowest BCUT2D eigenvalue weighted by atomic mass is 9.91. The molecule has 2 aliphatic heterocycles. The van der Waals surface area contributed by atoms with Gasteiger partial charge in [0.1, 0.15) is 0 Å². The fraction of sp³-hybridized carbons (Fsp3) is 0.941. The maximum Gasteiger partial charge on any atom is 0.237 e. The number of nitrogens with one attached hydrogen (secondary N) is 1. The Labute approximate surface area is 164 Å². The molecule has 0 aromatic carbocycles. The molecule has 0 radical (unpaired) electrons. The quantitative estimate of drug-likeness (QED) is 0.733. The van der Waals surface area contributed by atoms with Gasteiger partial charge in [0, 0.05) is 38.4 Å². The van der Waals surface area contributed by atoms with E-state index in [1.165, 1.54) is 0 Å². The van der Waals surface area contributed by atoms with Gasteiger partial charge >= 0.3 is 0 Å². The Balaban J connectivity index is 0.00000288. The van der Waals surface area contributed by atoms with E-state index < -0.39 is 6.04 Å². The lowest BCUT2D eigenvalue weighted by molar-refractivity contribution is -0.126. The van der Waals surface area contributed by atoms with E-state index in [1.54, 1.807) is 0 Å². The van der Waals surface area contributed by atoms with E-state index in [1.807, 2.05) is 0 Å². The molecule has 0 aromatic rings. The highest BCUT2D eigenvalue weighted by molar-refractivity contribution is 5.85. The second kappa shape index (κ2) is 10.9. The number of halogens is 2. The summed E-state index contributed by atoms with van der Waals surface area (Å²) in [5, 5.41) is 3.06. The zero-order chi connectivity index (χ0) is 17.0. The summed E-state index contributed by atoms with van der Waals surface area (Å²) in [4.78, 5) is 14.8. The Bertz CT molecular complexity index is 397. The third kappa shape index (κ3) is 7.19. The van der Waals surface area contributed by atoms with E-state index in [4.69, 9.17) is 15.2 Å². The zero-order valence-corrected chi connectivity index (χ0v) is 17.5. The van der Waals surface area contributed by atoms with E-state index >= 15 is 0 Å². The number of amides is 1. The summed E-state index contributed by atoms with van der Waals surface area (Å²) in [6.07, 6.45) is 2.18. The van der Waals surface area contributed by atoms with Gasteiger partial charge in [0.25, 0.3) is 0 Å². The Morgan fingerprint density at radius 2 is 1.72 bits per heavy atom. The average Bonchev–Trinajstić information content (AvgIpc) is 2.52. The molecule has 0 spiro atoms. The molecular weight excluding hydrogens is 365 g/mol. The highest BCUT2D eigenvalue weighted by Gasteiger charge is 2.34. The van der Waals surface area contributed by atoms with Crippen molar-refractivity contribution >= 4 is 30.7 Å². The molecule has 25 heavy (non-hydrogen) atoms. The first-order valence-corrected chi connectivity index (χ1v) is 8.81. The molecule has 2 heterocycles. The molecule has 2 saturated heterocycles. The number of ether oxygens (including phenoxy) is 2. The number of morpholine rings is 1. The molecule has 3 unspecified atom stereocenters. The molecule has 8 heteroatoms. The minimum absolute atomic E-state index is 0. The van der Waals surface area contributed by atoms with E-state index in [0.29, 0.717) is 19.8 Å². The van der Waals surface area contributed by atoms with Crippen LogP contribution in [0.3, 0.4) is 0 Å². The van der Waals surface area contributed by atoms with Crippen molar-refractivity contribution in [2.75, 3.05) is 32.8 Å². The van der Waals surface area contributed by atoms with Crippen molar-refractivity contribution in [1.29, 1.82) is 0 Å². The van der Waals surface area contributed by atoms with Gasteiger partial charge < -0.3 is 20.5 Å². The molecule has 0 bridgehead atoms. The third-order valence-electron chi connectivity index (χ3n) is 5.05. The molecule has 1 amide bonds. The van der Waals surface area contributed by atoms with E-state index in [-0.39, 0.29) is 54.4 Å². The number of hydrogen-bond acceptors (Lipinski definition) is 5. The SMILES string of the molecule is CC1CN(C(C)(C)CNC(=O)C(N)C2CCOCC2)CC(C)O1.Cl.Cl. The number of carbonyl (C=O) groups excluding carboxylic acids is 1. The number of carbonyl (C=O) groups is 1. The van der Waals surface area contributed by atoms with Crippen molar-refractivity contribution in [2.45, 2.75) is 64.3 Å². The molecular formula is C17H35Cl2N3O3. The second-order valence-corrected chi connectivity index (χ2v) is 7.67. The molecule has 2 aliphatic rings. The monoisotopic (exact) mass is 399 g/mol. The minimum atomic E-state index is -0.433. The van der Waals surface area contributed by atoms with Gasteiger partial charge in [-0.25, -0.2) is 0 Å². The number of nitrogens with zero attached hydrogens (tertiary/aromatic N) is 1. The normalized spacial score (nSPS) is 26.9. The number of rotatable bonds is 5. The van der Waals surface area contributed by atoms with Gasteiger partial charge in [-0.15, -0.1) is 24.8 Å². The molecule has 2 rings (SSSR count).